The van der Waals surface area contributed by atoms with Gasteiger partial charge in [0.25, 0.3) is 0 Å². The Bertz CT molecular complexity index is 332. The topological polar surface area (TPSA) is 29.3 Å². The van der Waals surface area contributed by atoms with Crippen LogP contribution in [0, 0.1) is 12.8 Å². The van der Waals surface area contributed by atoms with Crippen molar-refractivity contribution >= 4 is 5.69 Å². The highest BCUT2D eigenvalue weighted by Crippen LogP contribution is 2.18. The van der Waals surface area contributed by atoms with Crippen molar-refractivity contribution in [1.82, 2.24) is 0 Å². The molecule has 0 saturated carbocycles. The minimum absolute atomic E-state index is 0.807. The largest absolute Gasteiger partial charge is 0.372 e. The van der Waals surface area contributed by atoms with E-state index in [0.717, 1.165) is 25.6 Å². The highest BCUT2D eigenvalue weighted by Gasteiger charge is 2.08. The van der Waals surface area contributed by atoms with Crippen LogP contribution in [0.4, 0.5) is 5.69 Å². The first-order valence-corrected chi connectivity index (χ1v) is 7.72. The lowest BCUT2D eigenvalue weighted by Gasteiger charge is -2.24. The standard InChI is InChI=1S/C17H30N2/c1-4-16(12-13-18)7-6-14-19(5-2)17-10-8-15(3)9-11-17/h8-11,16H,4-7,12-14,18H2,1-3H3. The van der Waals surface area contributed by atoms with Crippen molar-refractivity contribution in [3.05, 3.63) is 29.8 Å². The van der Waals surface area contributed by atoms with Gasteiger partial charge >= 0.3 is 0 Å². The predicted octanol–water partition coefficient (Wildman–Crippen LogP) is 3.98. The van der Waals surface area contributed by atoms with Gasteiger partial charge in [0, 0.05) is 18.8 Å². The molecule has 0 radical (unpaired) electrons. The fraction of sp³-hybridized carbons (Fsp3) is 0.647. The van der Waals surface area contributed by atoms with Crippen LogP contribution in [0.25, 0.3) is 0 Å². The molecule has 0 amide bonds. The quantitative estimate of drug-likeness (QED) is 0.729. The Balaban J connectivity index is 2.42. The van der Waals surface area contributed by atoms with Crippen molar-refractivity contribution in [2.45, 2.75) is 46.5 Å². The third-order valence-corrected chi connectivity index (χ3v) is 3.97. The molecule has 0 aliphatic rings. The summed E-state index contributed by atoms with van der Waals surface area (Å²) < 4.78 is 0. The maximum absolute atomic E-state index is 5.66. The summed E-state index contributed by atoms with van der Waals surface area (Å²) in [6.45, 7) is 9.71. The van der Waals surface area contributed by atoms with Crippen LogP contribution in [0.3, 0.4) is 0 Å². The number of nitrogens with zero attached hydrogens (tertiary/aromatic N) is 1. The molecule has 0 saturated heterocycles. The minimum Gasteiger partial charge on any atom is -0.372 e. The van der Waals surface area contributed by atoms with Crippen LogP contribution in [0.5, 0.6) is 0 Å². The van der Waals surface area contributed by atoms with Gasteiger partial charge in [-0.1, -0.05) is 31.0 Å². The molecule has 108 valence electrons. The van der Waals surface area contributed by atoms with Crippen LogP contribution >= 0.6 is 0 Å². The van der Waals surface area contributed by atoms with E-state index in [4.69, 9.17) is 5.73 Å². The number of benzene rings is 1. The van der Waals surface area contributed by atoms with Crippen molar-refractivity contribution < 1.29 is 0 Å². The van der Waals surface area contributed by atoms with Gasteiger partial charge in [-0.3, -0.25) is 0 Å². The summed E-state index contributed by atoms with van der Waals surface area (Å²) in [5.74, 6) is 0.807. The molecule has 2 heteroatoms. The minimum atomic E-state index is 0.807. The number of anilines is 1. The normalized spacial score (nSPS) is 12.4. The molecular formula is C17H30N2. The Hall–Kier alpha value is -1.02. The van der Waals surface area contributed by atoms with Gasteiger partial charge in [-0.05, 0) is 57.7 Å². The second-order valence-corrected chi connectivity index (χ2v) is 5.41. The first kappa shape index (κ1) is 16.0. The van der Waals surface area contributed by atoms with E-state index in [2.05, 4.69) is 49.9 Å². The molecule has 0 bridgehead atoms. The zero-order chi connectivity index (χ0) is 14.1. The van der Waals surface area contributed by atoms with Gasteiger partial charge in [0.1, 0.15) is 0 Å². The first-order chi connectivity index (χ1) is 9.21. The lowest BCUT2D eigenvalue weighted by molar-refractivity contribution is 0.429. The molecule has 0 aliphatic carbocycles. The number of hydrogen-bond acceptors (Lipinski definition) is 2. The third kappa shape index (κ3) is 5.65. The summed E-state index contributed by atoms with van der Waals surface area (Å²) in [6.07, 6.45) is 5.00. The molecule has 1 aromatic rings. The van der Waals surface area contributed by atoms with E-state index in [1.54, 1.807) is 0 Å². The van der Waals surface area contributed by atoms with Gasteiger partial charge in [-0.15, -0.1) is 0 Å². The lowest BCUT2D eigenvalue weighted by Crippen LogP contribution is -2.24. The molecule has 0 aromatic heterocycles. The second-order valence-electron chi connectivity index (χ2n) is 5.41. The number of hydrogen-bond donors (Lipinski definition) is 1. The smallest absolute Gasteiger partial charge is 0.0366 e. The molecule has 0 aliphatic heterocycles. The Morgan fingerprint density at radius 3 is 2.32 bits per heavy atom. The van der Waals surface area contributed by atoms with Gasteiger partial charge in [0.15, 0.2) is 0 Å². The highest BCUT2D eigenvalue weighted by atomic mass is 15.1. The van der Waals surface area contributed by atoms with Gasteiger partial charge in [-0.25, -0.2) is 0 Å². The second kappa shape index (κ2) is 8.98. The van der Waals surface area contributed by atoms with Gasteiger partial charge in [-0.2, -0.15) is 0 Å². The summed E-state index contributed by atoms with van der Waals surface area (Å²) in [7, 11) is 0. The summed E-state index contributed by atoms with van der Waals surface area (Å²) in [6, 6.07) is 8.86. The SMILES string of the molecule is CCC(CCN)CCCN(CC)c1ccc(C)cc1. The molecule has 19 heavy (non-hydrogen) atoms. The van der Waals surface area contributed by atoms with E-state index in [0.29, 0.717) is 0 Å². The van der Waals surface area contributed by atoms with Crippen LogP contribution in [-0.4, -0.2) is 19.6 Å². The van der Waals surface area contributed by atoms with E-state index in [9.17, 15) is 0 Å². The molecule has 2 N–H and O–H groups in total. The summed E-state index contributed by atoms with van der Waals surface area (Å²) in [4.78, 5) is 2.47. The van der Waals surface area contributed by atoms with Crippen LogP contribution in [0.2, 0.25) is 0 Å². The van der Waals surface area contributed by atoms with Crippen molar-refractivity contribution in [3.8, 4) is 0 Å². The number of rotatable bonds is 9. The fourth-order valence-electron chi connectivity index (χ4n) is 2.58. The highest BCUT2D eigenvalue weighted by molar-refractivity contribution is 5.47. The van der Waals surface area contributed by atoms with E-state index in [-0.39, 0.29) is 0 Å². The van der Waals surface area contributed by atoms with Crippen molar-refractivity contribution in [2.24, 2.45) is 11.7 Å². The molecule has 1 unspecified atom stereocenters. The molecule has 0 fully saturated rings. The van der Waals surface area contributed by atoms with Crippen LogP contribution in [0.15, 0.2) is 24.3 Å². The zero-order valence-corrected chi connectivity index (χ0v) is 12.9. The Kier molecular flexibility index (Phi) is 7.57. The average Bonchev–Trinajstić information content (AvgIpc) is 2.43. The fourth-order valence-corrected chi connectivity index (χ4v) is 2.58. The Morgan fingerprint density at radius 1 is 1.11 bits per heavy atom. The Morgan fingerprint density at radius 2 is 1.79 bits per heavy atom. The van der Waals surface area contributed by atoms with Crippen molar-refractivity contribution in [3.63, 3.8) is 0 Å². The molecule has 0 heterocycles. The average molecular weight is 262 g/mol. The zero-order valence-electron chi connectivity index (χ0n) is 12.9. The maximum atomic E-state index is 5.66. The van der Waals surface area contributed by atoms with Gasteiger partial charge in [0.05, 0.1) is 0 Å². The van der Waals surface area contributed by atoms with Crippen LogP contribution in [0.1, 0.15) is 45.1 Å². The molecule has 1 aromatic carbocycles. The third-order valence-electron chi connectivity index (χ3n) is 3.97. The van der Waals surface area contributed by atoms with Crippen molar-refractivity contribution in [1.29, 1.82) is 0 Å². The predicted molar refractivity (Wildman–Crippen MR) is 85.8 cm³/mol. The molecule has 0 spiro atoms. The summed E-state index contributed by atoms with van der Waals surface area (Å²) in [5, 5.41) is 0. The van der Waals surface area contributed by atoms with E-state index < -0.39 is 0 Å². The summed E-state index contributed by atoms with van der Waals surface area (Å²) in [5.41, 5.74) is 8.33. The van der Waals surface area contributed by atoms with E-state index in [1.165, 1.54) is 36.9 Å². The number of aryl methyl sites for hydroxylation is 1. The van der Waals surface area contributed by atoms with Gasteiger partial charge in [0.2, 0.25) is 0 Å². The molecule has 1 rings (SSSR count). The molecule has 1 atom stereocenters. The van der Waals surface area contributed by atoms with Gasteiger partial charge < -0.3 is 10.6 Å². The maximum Gasteiger partial charge on any atom is 0.0366 e. The Labute approximate surface area is 119 Å². The van der Waals surface area contributed by atoms with E-state index >= 15 is 0 Å². The monoisotopic (exact) mass is 262 g/mol. The first-order valence-electron chi connectivity index (χ1n) is 7.72. The lowest BCUT2D eigenvalue weighted by atomic mass is 9.96. The molecular weight excluding hydrogens is 232 g/mol. The van der Waals surface area contributed by atoms with Crippen LogP contribution in [-0.2, 0) is 0 Å². The summed E-state index contributed by atoms with van der Waals surface area (Å²) >= 11 is 0. The van der Waals surface area contributed by atoms with Crippen molar-refractivity contribution in [2.75, 3.05) is 24.5 Å². The number of nitrogens with two attached hydrogens (primary N) is 1. The van der Waals surface area contributed by atoms with E-state index in [1.807, 2.05) is 0 Å². The van der Waals surface area contributed by atoms with Crippen LogP contribution < -0.4 is 10.6 Å². The molecule has 2 nitrogen and oxygen atoms in total.